The molecule has 2 aromatic rings. The van der Waals surface area contributed by atoms with E-state index in [1.54, 1.807) is 0 Å². The third-order valence-electron chi connectivity index (χ3n) is 3.16. The fourth-order valence-corrected chi connectivity index (χ4v) is 2.19. The van der Waals surface area contributed by atoms with E-state index in [1.807, 2.05) is 26.2 Å². The maximum absolute atomic E-state index is 5.52. The number of fused-ring (bicyclic) bond motifs is 1. The molecule has 1 aromatic carbocycles. The monoisotopic (exact) mass is 241 g/mol. The molecule has 0 bridgehead atoms. The number of hydrogen-bond donors (Lipinski definition) is 1. The van der Waals surface area contributed by atoms with Crippen LogP contribution in [-0.4, -0.2) is 23.6 Å². The molecule has 0 saturated carbocycles. The van der Waals surface area contributed by atoms with Crippen molar-refractivity contribution in [2.75, 3.05) is 19.0 Å². The molecule has 3 rings (SSSR count). The summed E-state index contributed by atoms with van der Waals surface area (Å²) in [7, 11) is 1.82. The first kappa shape index (κ1) is 11.0. The third-order valence-corrected chi connectivity index (χ3v) is 3.16. The van der Waals surface area contributed by atoms with Gasteiger partial charge in [0.25, 0.3) is 0 Å². The quantitative estimate of drug-likeness (QED) is 0.877. The van der Waals surface area contributed by atoms with E-state index in [-0.39, 0.29) is 0 Å². The second kappa shape index (κ2) is 4.29. The van der Waals surface area contributed by atoms with Gasteiger partial charge in [-0.25, -0.2) is 9.97 Å². The van der Waals surface area contributed by atoms with E-state index in [0.29, 0.717) is 5.95 Å². The van der Waals surface area contributed by atoms with Crippen LogP contribution in [0.25, 0.3) is 11.3 Å². The van der Waals surface area contributed by atoms with Crippen molar-refractivity contribution in [1.82, 2.24) is 9.97 Å². The highest BCUT2D eigenvalue weighted by atomic mass is 16.5. The number of anilines is 1. The number of aromatic nitrogens is 2. The number of nitrogens with zero attached hydrogens (tertiary/aromatic N) is 2. The van der Waals surface area contributed by atoms with Gasteiger partial charge in [-0.05, 0) is 36.2 Å². The van der Waals surface area contributed by atoms with Gasteiger partial charge in [0.15, 0.2) is 0 Å². The molecular formula is C14H15N3O. The first-order valence-electron chi connectivity index (χ1n) is 6.05. The molecule has 0 radical (unpaired) electrons. The van der Waals surface area contributed by atoms with Gasteiger partial charge in [-0.3, -0.25) is 0 Å². The summed E-state index contributed by atoms with van der Waals surface area (Å²) in [6, 6.07) is 6.24. The Morgan fingerprint density at radius 2 is 2.22 bits per heavy atom. The standard InChI is InChI=1S/C14H15N3O/c1-9-8-16-14(15-2)17-13(9)11-3-4-12-10(7-11)5-6-18-12/h3-4,7-8H,5-6H2,1-2H3,(H,15,16,17). The molecule has 1 N–H and O–H groups in total. The number of hydrogen-bond acceptors (Lipinski definition) is 4. The Morgan fingerprint density at radius 1 is 1.33 bits per heavy atom. The Hall–Kier alpha value is -2.10. The predicted molar refractivity (Wildman–Crippen MR) is 71.0 cm³/mol. The van der Waals surface area contributed by atoms with Gasteiger partial charge in [-0.15, -0.1) is 0 Å². The molecule has 0 amide bonds. The van der Waals surface area contributed by atoms with E-state index in [1.165, 1.54) is 5.56 Å². The Bertz CT molecular complexity index is 596. The SMILES string of the molecule is CNc1ncc(C)c(-c2ccc3c(c2)CCO3)n1. The van der Waals surface area contributed by atoms with E-state index >= 15 is 0 Å². The number of benzene rings is 1. The molecule has 1 aliphatic rings. The van der Waals surface area contributed by atoms with Crippen molar-refractivity contribution in [2.45, 2.75) is 13.3 Å². The highest BCUT2D eigenvalue weighted by Gasteiger charge is 2.14. The molecule has 4 nitrogen and oxygen atoms in total. The minimum Gasteiger partial charge on any atom is -0.493 e. The molecule has 4 heteroatoms. The second-order valence-electron chi connectivity index (χ2n) is 4.40. The summed E-state index contributed by atoms with van der Waals surface area (Å²) in [5.74, 6) is 1.65. The van der Waals surface area contributed by atoms with Gasteiger partial charge >= 0.3 is 0 Å². The minimum absolute atomic E-state index is 0.646. The van der Waals surface area contributed by atoms with Crippen LogP contribution < -0.4 is 10.1 Å². The van der Waals surface area contributed by atoms with Crippen LogP contribution in [0.2, 0.25) is 0 Å². The second-order valence-corrected chi connectivity index (χ2v) is 4.40. The Labute approximate surface area is 106 Å². The fourth-order valence-electron chi connectivity index (χ4n) is 2.19. The number of nitrogens with one attached hydrogen (secondary N) is 1. The topological polar surface area (TPSA) is 47.0 Å². The molecule has 18 heavy (non-hydrogen) atoms. The fraction of sp³-hybridized carbons (Fsp3) is 0.286. The normalized spacial score (nSPS) is 13.0. The van der Waals surface area contributed by atoms with E-state index in [9.17, 15) is 0 Å². The van der Waals surface area contributed by atoms with Crippen LogP contribution in [0.15, 0.2) is 24.4 Å². The maximum Gasteiger partial charge on any atom is 0.222 e. The highest BCUT2D eigenvalue weighted by molar-refractivity contribution is 5.66. The molecule has 1 aromatic heterocycles. The molecule has 92 valence electrons. The number of rotatable bonds is 2. The molecule has 0 aliphatic carbocycles. The van der Waals surface area contributed by atoms with Gasteiger partial charge in [0, 0.05) is 25.2 Å². The summed E-state index contributed by atoms with van der Waals surface area (Å²) < 4.78 is 5.52. The Morgan fingerprint density at radius 3 is 3.06 bits per heavy atom. The van der Waals surface area contributed by atoms with Crippen molar-refractivity contribution in [2.24, 2.45) is 0 Å². The molecule has 0 atom stereocenters. The van der Waals surface area contributed by atoms with Gasteiger partial charge in [0.05, 0.1) is 12.3 Å². The van der Waals surface area contributed by atoms with E-state index < -0.39 is 0 Å². The lowest BCUT2D eigenvalue weighted by Gasteiger charge is -2.08. The van der Waals surface area contributed by atoms with Crippen LogP contribution in [0.3, 0.4) is 0 Å². The predicted octanol–water partition coefficient (Wildman–Crippen LogP) is 2.43. The smallest absolute Gasteiger partial charge is 0.222 e. The van der Waals surface area contributed by atoms with Crippen molar-refractivity contribution in [3.63, 3.8) is 0 Å². The summed E-state index contributed by atoms with van der Waals surface area (Å²) in [5, 5.41) is 2.97. The van der Waals surface area contributed by atoms with Crippen molar-refractivity contribution in [3.05, 3.63) is 35.5 Å². The lowest BCUT2D eigenvalue weighted by Crippen LogP contribution is -1.99. The Balaban J connectivity index is 2.09. The number of ether oxygens (including phenoxy) is 1. The molecule has 0 unspecified atom stereocenters. The van der Waals surface area contributed by atoms with Gasteiger partial charge < -0.3 is 10.1 Å². The lowest BCUT2D eigenvalue weighted by atomic mass is 10.0. The van der Waals surface area contributed by atoms with Gasteiger partial charge in [0.1, 0.15) is 5.75 Å². The molecular weight excluding hydrogens is 226 g/mol. The average Bonchev–Trinajstić information content (AvgIpc) is 2.86. The lowest BCUT2D eigenvalue weighted by molar-refractivity contribution is 0.357. The van der Waals surface area contributed by atoms with E-state index in [0.717, 1.165) is 35.6 Å². The first-order valence-corrected chi connectivity index (χ1v) is 6.05. The summed E-state index contributed by atoms with van der Waals surface area (Å²) in [4.78, 5) is 8.73. The molecule has 0 spiro atoms. The van der Waals surface area contributed by atoms with Crippen molar-refractivity contribution < 1.29 is 4.74 Å². The highest BCUT2D eigenvalue weighted by Crippen LogP contribution is 2.31. The van der Waals surface area contributed by atoms with Crippen molar-refractivity contribution >= 4 is 5.95 Å². The van der Waals surface area contributed by atoms with Crippen LogP contribution in [-0.2, 0) is 6.42 Å². The largest absolute Gasteiger partial charge is 0.493 e. The van der Waals surface area contributed by atoms with Gasteiger partial charge in [0.2, 0.25) is 5.95 Å². The van der Waals surface area contributed by atoms with Crippen LogP contribution in [0.1, 0.15) is 11.1 Å². The van der Waals surface area contributed by atoms with E-state index in [2.05, 4.69) is 27.4 Å². The molecule has 0 fully saturated rings. The number of aryl methyl sites for hydroxylation is 1. The zero-order chi connectivity index (χ0) is 12.5. The van der Waals surface area contributed by atoms with Crippen LogP contribution >= 0.6 is 0 Å². The summed E-state index contributed by atoms with van der Waals surface area (Å²) >= 11 is 0. The van der Waals surface area contributed by atoms with E-state index in [4.69, 9.17) is 4.74 Å². The van der Waals surface area contributed by atoms with Crippen molar-refractivity contribution in [1.29, 1.82) is 0 Å². The zero-order valence-electron chi connectivity index (χ0n) is 10.5. The Kier molecular flexibility index (Phi) is 2.63. The van der Waals surface area contributed by atoms with Crippen LogP contribution in [0, 0.1) is 6.92 Å². The van der Waals surface area contributed by atoms with Crippen molar-refractivity contribution in [3.8, 4) is 17.0 Å². The minimum atomic E-state index is 0.646. The average molecular weight is 241 g/mol. The van der Waals surface area contributed by atoms with Gasteiger partial charge in [-0.1, -0.05) is 0 Å². The van der Waals surface area contributed by atoms with Crippen LogP contribution in [0.4, 0.5) is 5.95 Å². The summed E-state index contributed by atoms with van der Waals surface area (Å²) in [6.07, 6.45) is 2.82. The summed E-state index contributed by atoms with van der Waals surface area (Å²) in [6.45, 7) is 2.81. The van der Waals surface area contributed by atoms with Crippen LogP contribution in [0.5, 0.6) is 5.75 Å². The first-order chi connectivity index (χ1) is 8.78. The van der Waals surface area contributed by atoms with Gasteiger partial charge in [-0.2, -0.15) is 0 Å². The third kappa shape index (κ3) is 1.79. The molecule has 0 saturated heterocycles. The zero-order valence-corrected chi connectivity index (χ0v) is 10.5. The molecule has 1 aliphatic heterocycles. The summed E-state index contributed by atoms with van der Waals surface area (Å²) in [5.41, 5.74) is 4.43. The molecule has 2 heterocycles. The maximum atomic E-state index is 5.52.